The van der Waals surface area contributed by atoms with Gasteiger partial charge in [0.2, 0.25) is 5.88 Å². The summed E-state index contributed by atoms with van der Waals surface area (Å²) in [6.07, 6.45) is 1.82. The van der Waals surface area contributed by atoms with Gasteiger partial charge in [-0.3, -0.25) is 14.9 Å². The summed E-state index contributed by atoms with van der Waals surface area (Å²) in [5.74, 6) is -4.25. The monoisotopic (exact) mass is 568 g/mol. The molecule has 39 heavy (non-hydrogen) atoms. The van der Waals surface area contributed by atoms with Crippen molar-refractivity contribution in [3.63, 3.8) is 0 Å². The van der Waals surface area contributed by atoms with Crippen molar-refractivity contribution in [2.45, 2.75) is 43.8 Å². The van der Waals surface area contributed by atoms with Crippen LogP contribution in [0.5, 0.6) is 5.88 Å². The molecule has 16 heteroatoms. The molecule has 0 aromatic carbocycles. The van der Waals surface area contributed by atoms with Crippen molar-refractivity contribution in [3.8, 4) is 5.88 Å². The Morgan fingerprint density at radius 1 is 1.00 bits per heavy atom. The van der Waals surface area contributed by atoms with E-state index in [1.807, 2.05) is 12.4 Å². The minimum absolute atomic E-state index is 0.0580. The number of aromatic nitrogens is 3. The lowest BCUT2D eigenvalue weighted by atomic mass is 9.79. The van der Waals surface area contributed by atoms with Gasteiger partial charge >= 0.3 is 24.3 Å². The van der Waals surface area contributed by atoms with E-state index in [0.29, 0.717) is 18.4 Å². The molecule has 1 spiro atoms. The predicted octanol–water partition coefficient (Wildman–Crippen LogP) is 3.59. The lowest BCUT2D eigenvalue weighted by Gasteiger charge is -2.53. The summed E-state index contributed by atoms with van der Waals surface area (Å²) in [7, 11) is 0. The first-order valence-electron chi connectivity index (χ1n) is 11.4. The molecule has 4 heterocycles. The molecule has 2 aromatic rings. The highest BCUT2D eigenvalue weighted by molar-refractivity contribution is 5.73. The van der Waals surface area contributed by atoms with E-state index in [0.717, 1.165) is 45.5 Å². The molecule has 0 bridgehead atoms. The second-order valence-corrected chi connectivity index (χ2v) is 8.68. The van der Waals surface area contributed by atoms with E-state index in [4.69, 9.17) is 29.3 Å². The van der Waals surface area contributed by atoms with E-state index in [9.17, 15) is 26.3 Å². The Bertz CT molecular complexity index is 1010. The molecule has 2 aromatic heterocycles. The molecule has 2 saturated heterocycles. The van der Waals surface area contributed by atoms with Crippen LogP contribution in [0.4, 0.5) is 26.3 Å². The number of alkyl halides is 6. The molecule has 2 aliphatic heterocycles. The number of aliphatic carboxylic acids is 2. The summed E-state index contributed by atoms with van der Waals surface area (Å²) in [4.78, 5) is 32.5. The number of carboxylic acid groups (broad SMARTS) is 2. The van der Waals surface area contributed by atoms with Crippen LogP contribution in [0.3, 0.4) is 0 Å². The van der Waals surface area contributed by atoms with Gasteiger partial charge in [0.15, 0.2) is 0 Å². The van der Waals surface area contributed by atoms with Gasteiger partial charge in [-0.25, -0.2) is 14.6 Å². The van der Waals surface area contributed by atoms with Crippen molar-refractivity contribution in [1.29, 1.82) is 0 Å². The van der Waals surface area contributed by atoms with Crippen LogP contribution in [0.25, 0.3) is 0 Å². The van der Waals surface area contributed by atoms with Crippen molar-refractivity contribution >= 4 is 11.9 Å². The SMILES string of the molecule is O=C(O)C(F)(F)F.O=C(O)C(F)(F)F.c1cc(CN2CC3(CC(CCOc4cnccn4)CCO3)C2)ccn1. The maximum absolute atomic E-state index is 10.6. The Kier molecular flexibility index (Phi) is 11.4. The van der Waals surface area contributed by atoms with Crippen molar-refractivity contribution in [2.24, 2.45) is 5.92 Å². The minimum Gasteiger partial charge on any atom is -0.477 e. The van der Waals surface area contributed by atoms with Gasteiger partial charge in [-0.05, 0) is 42.9 Å². The lowest BCUT2D eigenvalue weighted by Crippen LogP contribution is -2.64. The molecule has 1 unspecified atom stereocenters. The normalized spacial score (nSPS) is 18.5. The van der Waals surface area contributed by atoms with Gasteiger partial charge in [0, 0.05) is 51.0 Å². The topological polar surface area (TPSA) is 135 Å². The van der Waals surface area contributed by atoms with Crippen LogP contribution in [0.2, 0.25) is 0 Å². The van der Waals surface area contributed by atoms with Gasteiger partial charge in [0.25, 0.3) is 0 Å². The molecule has 1 atom stereocenters. The number of hydrogen-bond donors (Lipinski definition) is 2. The third kappa shape index (κ3) is 11.4. The van der Waals surface area contributed by atoms with Gasteiger partial charge in [-0.2, -0.15) is 26.3 Å². The fraction of sp³-hybridized carbons (Fsp3) is 0.522. The van der Waals surface area contributed by atoms with E-state index < -0.39 is 24.3 Å². The number of halogens is 6. The lowest BCUT2D eigenvalue weighted by molar-refractivity contribution is -0.193. The molecular formula is C23H26F6N4O6. The van der Waals surface area contributed by atoms with Crippen LogP contribution >= 0.6 is 0 Å². The van der Waals surface area contributed by atoms with Crippen molar-refractivity contribution in [1.82, 2.24) is 19.9 Å². The quantitative estimate of drug-likeness (QED) is 0.498. The fourth-order valence-electron chi connectivity index (χ4n) is 3.91. The Morgan fingerprint density at radius 3 is 2.10 bits per heavy atom. The van der Waals surface area contributed by atoms with Gasteiger partial charge in [0.1, 0.15) is 0 Å². The zero-order valence-electron chi connectivity index (χ0n) is 20.4. The third-order valence-electron chi connectivity index (χ3n) is 5.57. The Morgan fingerprint density at radius 2 is 1.59 bits per heavy atom. The zero-order chi connectivity index (χ0) is 29.1. The van der Waals surface area contributed by atoms with Crippen LogP contribution < -0.4 is 4.74 Å². The Labute approximate surface area is 218 Å². The second kappa shape index (κ2) is 14.0. The summed E-state index contributed by atoms with van der Waals surface area (Å²) in [6, 6.07) is 4.17. The van der Waals surface area contributed by atoms with E-state index in [1.165, 1.54) is 5.56 Å². The maximum atomic E-state index is 10.6. The predicted molar refractivity (Wildman–Crippen MR) is 120 cm³/mol. The van der Waals surface area contributed by atoms with E-state index in [-0.39, 0.29) is 5.60 Å². The van der Waals surface area contributed by atoms with Gasteiger partial charge < -0.3 is 19.7 Å². The minimum atomic E-state index is -5.08. The summed E-state index contributed by atoms with van der Waals surface area (Å²) < 4.78 is 75.3. The molecule has 2 aliphatic rings. The van der Waals surface area contributed by atoms with Crippen molar-refractivity contribution in [2.75, 3.05) is 26.3 Å². The zero-order valence-corrected chi connectivity index (χ0v) is 20.4. The molecular weight excluding hydrogens is 542 g/mol. The van der Waals surface area contributed by atoms with Crippen molar-refractivity contribution < 1.29 is 55.6 Å². The molecule has 0 radical (unpaired) electrons. The van der Waals surface area contributed by atoms with E-state index in [1.54, 1.807) is 18.6 Å². The Balaban J connectivity index is 0.000000317. The molecule has 2 N–H and O–H groups in total. The molecule has 2 fully saturated rings. The van der Waals surface area contributed by atoms with E-state index in [2.05, 4.69) is 32.0 Å². The molecule has 0 saturated carbocycles. The van der Waals surface area contributed by atoms with Crippen LogP contribution in [-0.4, -0.2) is 86.3 Å². The average molecular weight is 568 g/mol. The first-order chi connectivity index (χ1) is 18.2. The summed E-state index contributed by atoms with van der Waals surface area (Å²) in [6.45, 7) is 4.58. The van der Waals surface area contributed by atoms with Gasteiger partial charge in [-0.15, -0.1) is 0 Å². The number of nitrogens with zero attached hydrogens (tertiary/aromatic N) is 4. The second-order valence-electron chi connectivity index (χ2n) is 8.68. The van der Waals surface area contributed by atoms with Crippen LogP contribution in [-0.2, 0) is 20.9 Å². The highest BCUT2D eigenvalue weighted by atomic mass is 19.4. The highest BCUT2D eigenvalue weighted by Gasteiger charge is 2.47. The van der Waals surface area contributed by atoms with Gasteiger partial charge in [-0.1, -0.05) is 0 Å². The number of carboxylic acids is 2. The average Bonchev–Trinajstić information content (AvgIpc) is 2.84. The summed E-state index contributed by atoms with van der Waals surface area (Å²) in [5.41, 5.74) is 1.37. The Hall–Kier alpha value is -3.53. The number of pyridine rings is 1. The molecule has 10 nitrogen and oxygen atoms in total. The molecule has 0 aliphatic carbocycles. The maximum Gasteiger partial charge on any atom is 0.490 e. The summed E-state index contributed by atoms with van der Waals surface area (Å²) >= 11 is 0. The van der Waals surface area contributed by atoms with E-state index >= 15 is 0 Å². The number of ether oxygens (including phenoxy) is 2. The number of hydrogen-bond acceptors (Lipinski definition) is 8. The molecule has 4 rings (SSSR count). The highest BCUT2D eigenvalue weighted by Crippen LogP contribution is 2.38. The molecule has 0 amide bonds. The standard InChI is InChI=1S/C19H24N4O2.2C2HF3O2/c1-5-20-6-2-17(1)13-23-14-19(15-23)11-16(4-10-25-19)3-9-24-18-12-21-7-8-22-18;2*3-2(4,5)1(6)7/h1-2,5-8,12,16H,3-4,9-11,13-15H2;2*(H,6,7). The number of likely N-dealkylation sites (tertiary alicyclic amines) is 1. The van der Waals surface area contributed by atoms with Gasteiger partial charge in [0.05, 0.1) is 18.4 Å². The number of rotatable bonds is 6. The van der Waals surface area contributed by atoms with Crippen LogP contribution in [0, 0.1) is 5.92 Å². The fourth-order valence-corrected chi connectivity index (χ4v) is 3.91. The first-order valence-corrected chi connectivity index (χ1v) is 11.4. The smallest absolute Gasteiger partial charge is 0.477 e. The van der Waals surface area contributed by atoms with Crippen LogP contribution in [0.1, 0.15) is 24.8 Å². The molecule has 216 valence electrons. The summed E-state index contributed by atoms with van der Waals surface area (Å²) in [5, 5.41) is 14.2. The van der Waals surface area contributed by atoms with Crippen molar-refractivity contribution in [3.05, 3.63) is 48.7 Å². The first kappa shape index (κ1) is 31.7. The third-order valence-corrected chi connectivity index (χ3v) is 5.57. The number of carbonyl (C=O) groups is 2. The largest absolute Gasteiger partial charge is 0.490 e. The van der Waals surface area contributed by atoms with Crippen LogP contribution in [0.15, 0.2) is 43.1 Å².